The summed E-state index contributed by atoms with van der Waals surface area (Å²) in [6.45, 7) is 0. The molecule has 0 amide bonds. The van der Waals surface area contributed by atoms with Crippen LogP contribution in [0.1, 0.15) is 10.4 Å². The Morgan fingerprint density at radius 2 is 1.35 bits per heavy atom. The van der Waals surface area contributed by atoms with Gasteiger partial charge in [-0.3, -0.25) is 4.79 Å². The van der Waals surface area contributed by atoms with Crippen LogP contribution in [0.25, 0.3) is 11.1 Å². The summed E-state index contributed by atoms with van der Waals surface area (Å²) in [4.78, 5) is 11.1. The first kappa shape index (κ1) is 15.9. The fourth-order valence-electron chi connectivity index (χ4n) is 1.69. The number of aldehydes is 1. The molecule has 0 aliphatic carbocycles. The van der Waals surface area contributed by atoms with Gasteiger partial charge in [-0.15, -0.1) is 0 Å². The average molecular weight is 372 g/mol. The Bertz CT molecular complexity index is 685. The first-order valence-corrected chi connectivity index (χ1v) is 7.04. The summed E-state index contributed by atoms with van der Waals surface area (Å²) < 4.78 is 13.4. The van der Waals surface area contributed by atoms with Crippen LogP contribution in [0.2, 0.25) is 25.1 Å². The minimum absolute atomic E-state index is 0.000216. The molecule has 2 rings (SSSR count). The summed E-state index contributed by atoms with van der Waals surface area (Å²) in [5.41, 5.74) is 0.550. The maximum Gasteiger partial charge on any atom is 0.150 e. The van der Waals surface area contributed by atoms with Gasteiger partial charge in [0.2, 0.25) is 0 Å². The molecule has 20 heavy (non-hydrogen) atoms. The van der Waals surface area contributed by atoms with Crippen molar-refractivity contribution >= 4 is 64.3 Å². The van der Waals surface area contributed by atoms with E-state index in [2.05, 4.69) is 0 Å². The van der Waals surface area contributed by atoms with Gasteiger partial charge in [-0.25, -0.2) is 4.39 Å². The van der Waals surface area contributed by atoms with Crippen molar-refractivity contribution in [1.82, 2.24) is 0 Å². The van der Waals surface area contributed by atoms with Crippen LogP contribution in [0, 0.1) is 5.82 Å². The van der Waals surface area contributed by atoms with Crippen molar-refractivity contribution in [2.24, 2.45) is 0 Å². The quantitative estimate of drug-likeness (QED) is 0.331. The monoisotopic (exact) mass is 370 g/mol. The van der Waals surface area contributed by atoms with Gasteiger partial charge < -0.3 is 0 Å². The van der Waals surface area contributed by atoms with Crippen molar-refractivity contribution in [2.45, 2.75) is 0 Å². The lowest BCUT2D eigenvalue weighted by molar-refractivity contribution is 0.112. The molecular weight excluding hydrogens is 368 g/mol. The van der Waals surface area contributed by atoms with Gasteiger partial charge >= 0.3 is 0 Å². The van der Waals surface area contributed by atoms with Crippen LogP contribution >= 0.6 is 58.0 Å². The van der Waals surface area contributed by atoms with Crippen LogP contribution in [-0.4, -0.2) is 6.29 Å². The average Bonchev–Trinajstić information content (AvgIpc) is 2.43. The number of hydrogen-bond donors (Lipinski definition) is 0. The predicted molar refractivity (Wildman–Crippen MR) is 82.3 cm³/mol. The normalized spacial score (nSPS) is 10.7. The van der Waals surface area contributed by atoms with Crippen LogP contribution in [-0.2, 0) is 0 Å². The molecule has 0 aliphatic rings. The zero-order valence-electron chi connectivity index (χ0n) is 9.49. The van der Waals surface area contributed by atoms with E-state index in [0.717, 1.165) is 12.1 Å². The lowest BCUT2D eigenvalue weighted by atomic mass is 10.00. The first-order chi connectivity index (χ1) is 9.38. The van der Waals surface area contributed by atoms with Crippen LogP contribution in [0.15, 0.2) is 18.2 Å². The molecule has 0 fully saturated rings. The van der Waals surface area contributed by atoms with Crippen molar-refractivity contribution in [1.29, 1.82) is 0 Å². The molecule has 0 saturated carbocycles. The molecule has 1 nitrogen and oxygen atoms in total. The summed E-state index contributed by atoms with van der Waals surface area (Å²) in [6.07, 6.45) is 0.553. The summed E-state index contributed by atoms with van der Waals surface area (Å²) in [5.74, 6) is -0.556. The van der Waals surface area contributed by atoms with E-state index in [1.165, 1.54) is 6.07 Å². The first-order valence-electron chi connectivity index (χ1n) is 5.15. The molecule has 104 valence electrons. The Balaban J connectivity index is 2.90. The lowest BCUT2D eigenvalue weighted by Crippen LogP contribution is -1.93. The third-order valence-corrected chi connectivity index (χ3v) is 4.90. The molecule has 7 heteroatoms. The molecule has 0 radical (unpaired) electrons. The Hall–Kier alpha value is -0.510. The number of rotatable bonds is 2. The molecule has 0 saturated heterocycles. The van der Waals surface area contributed by atoms with Crippen molar-refractivity contribution in [3.63, 3.8) is 0 Å². The fraction of sp³-hybridized carbons (Fsp3) is 0. The van der Waals surface area contributed by atoms with Crippen molar-refractivity contribution in [3.8, 4) is 11.1 Å². The van der Waals surface area contributed by atoms with Gasteiger partial charge in [-0.2, -0.15) is 0 Å². The minimum atomic E-state index is -0.556. The smallest absolute Gasteiger partial charge is 0.150 e. The zero-order chi connectivity index (χ0) is 15.0. The highest BCUT2D eigenvalue weighted by molar-refractivity contribution is 6.56. The van der Waals surface area contributed by atoms with Crippen LogP contribution < -0.4 is 0 Å². The maximum atomic E-state index is 13.4. The highest BCUT2D eigenvalue weighted by Gasteiger charge is 2.22. The standard InChI is InChI=1S/C13H4Cl5FO/c14-9-8(10(15)12(17)13(18)11(9)16)7-3-6(19)2-1-5(7)4-20/h1-4H. The van der Waals surface area contributed by atoms with Gasteiger partial charge in [0.1, 0.15) is 5.82 Å². The van der Waals surface area contributed by atoms with Gasteiger partial charge in [0.15, 0.2) is 6.29 Å². The molecule has 0 aliphatic heterocycles. The minimum Gasteiger partial charge on any atom is -0.298 e. The van der Waals surface area contributed by atoms with E-state index in [-0.39, 0.29) is 41.8 Å². The van der Waals surface area contributed by atoms with E-state index < -0.39 is 5.82 Å². The molecule has 2 aromatic rings. The molecule has 0 atom stereocenters. The molecular formula is C13H4Cl5FO. The van der Waals surface area contributed by atoms with Crippen LogP contribution in [0.5, 0.6) is 0 Å². The molecule has 0 aromatic heterocycles. The SMILES string of the molecule is O=Cc1ccc(F)cc1-c1c(Cl)c(Cl)c(Cl)c(Cl)c1Cl. The largest absolute Gasteiger partial charge is 0.298 e. The van der Waals surface area contributed by atoms with Crippen molar-refractivity contribution in [2.75, 3.05) is 0 Å². The van der Waals surface area contributed by atoms with E-state index in [9.17, 15) is 9.18 Å². The van der Waals surface area contributed by atoms with Gasteiger partial charge in [-0.05, 0) is 23.8 Å². The Labute approximate surface area is 139 Å². The second kappa shape index (κ2) is 6.08. The highest BCUT2D eigenvalue weighted by atomic mass is 35.5. The summed E-state index contributed by atoms with van der Waals surface area (Å²) in [5, 5.41) is -0.0339. The molecule has 0 N–H and O–H groups in total. The molecule has 0 bridgehead atoms. The van der Waals surface area contributed by atoms with Gasteiger partial charge in [0.05, 0.1) is 25.1 Å². The molecule has 2 aromatic carbocycles. The van der Waals surface area contributed by atoms with Gasteiger partial charge in [-0.1, -0.05) is 58.0 Å². The van der Waals surface area contributed by atoms with E-state index in [4.69, 9.17) is 58.0 Å². The number of carbonyl (C=O) groups excluding carboxylic acids is 1. The maximum absolute atomic E-state index is 13.4. The third kappa shape index (κ3) is 2.63. The molecule has 0 unspecified atom stereocenters. The van der Waals surface area contributed by atoms with Crippen LogP contribution in [0.3, 0.4) is 0 Å². The third-order valence-electron chi connectivity index (χ3n) is 2.62. The Kier molecular flexibility index (Phi) is 4.83. The topological polar surface area (TPSA) is 17.1 Å². The summed E-state index contributed by atoms with van der Waals surface area (Å²) >= 11 is 30.0. The predicted octanol–water partition coefficient (Wildman–Crippen LogP) is 6.57. The van der Waals surface area contributed by atoms with E-state index in [1.54, 1.807) is 0 Å². The molecule has 0 spiro atoms. The lowest BCUT2D eigenvalue weighted by Gasteiger charge is -2.14. The number of carbonyl (C=O) groups is 1. The Morgan fingerprint density at radius 1 is 0.850 bits per heavy atom. The zero-order valence-corrected chi connectivity index (χ0v) is 13.3. The second-order valence-electron chi connectivity index (χ2n) is 3.79. The van der Waals surface area contributed by atoms with Gasteiger partial charge in [0, 0.05) is 11.1 Å². The van der Waals surface area contributed by atoms with Crippen molar-refractivity contribution in [3.05, 3.63) is 54.7 Å². The Morgan fingerprint density at radius 3 is 1.85 bits per heavy atom. The van der Waals surface area contributed by atoms with E-state index in [1.807, 2.05) is 0 Å². The summed E-state index contributed by atoms with van der Waals surface area (Å²) in [6, 6.07) is 3.58. The highest BCUT2D eigenvalue weighted by Crippen LogP contribution is 2.48. The second-order valence-corrected chi connectivity index (χ2v) is 5.68. The number of benzene rings is 2. The van der Waals surface area contributed by atoms with Gasteiger partial charge in [0.25, 0.3) is 0 Å². The number of hydrogen-bond acceptors (Lipinski definition) is 1. The molecule has 0 heterocycles. The van der Waals surface area contributed by atoms with Crippen molar-refractivity contribution < 1.29 is 9.18 Å². The number of halogens is 6. The van der Waals surface area contributed by atoms with E-state index >= 15 is 0 Å². The van der Waals surface area contributed by atoms with Crippen LogP contribution in [0.4, 0.5) is 4.39 Å². The fourth-order valence-corrected chi connectivity index (χ4v) is 3.03. The summed E-state index contributed by atoms with van der Waals surface area (Å²) in [7, 11) is 0. The van der Waals surface area contributed by atoms with E-state index in [0.29, 0.717) is 6.29 Å².